The molecule has 1 aliphatic heterocycles. The Kier molecular flexibility index (Phi) is 2.98. The van der Waals surface area contributed by atoms with Crippen LogP contribution in [0.3, 0.4) is 0 Å². The molecule has 18 heavy (non-hydrogen) atoms. The zero-order chi connectivity index (χ0) is 13.4. The van der Waals surface area contributed by atoms with Crippen molar-refractivity contribution >= 4 is 17.5 Å². The van der Waals surface area contributed by atoms with Crippen molar-refractivity contribution in [1.82, 2.24) is 14.7 Å². The van der Waals surface area contributed by atoms with E-state index in [1.165, 1.54) is 4.68 Å². The summed E-state index contributed by atoms with van der Waals surface area (Å²) < 4.78 is 1.48. The first-order valence-electron chi connectivity index (χ1n) is 5.79. The molecule has 0 saturated carbocycles. The van der Waals surface area contributed by atoms with Crippen LogP contribution in [0.2, 0.25) is 0 Å². The number of amides is 2. The molecular weight excluding hydrogens is 234 g/mol. The summed E-state index contributed by atoms with van der Waals surface area (Å²) >= 11 is 0. The molecular formula is C11H17N5O2. The Bertz CT molecular complexity index is 508. The molecule has 0 bridgehead atoms. The summed E-state index contributed by atoms with van der Waals surface area (Å²) in [6, 6.07) is 0. The Morgan fingerprint density at radius 3 is 2.56 bits per heavy atom. The number of primary amides is 1. The van der Waals surface area contributed by atoms with Gasteiger partial charge in [0.1, 0.15) is 5.69 Å². The number of anilines is 1. The van der Waals surface area contributed by atoms with Crippen LogP contribution in [0, 0.1) is 12.8 Å². The van der Waals surface area contributed by atoms with Gasteiger partial charge in [0.15, 0.2) is 0 Å². The quantitative estimate of drug-likeness (QED) is 0.721. The van der Waals surface area contributed by atoms with Crippen LogP contribution in [0.4, 0.5) is 5.69 Å². The molecule has 2 heterocycles. The Labute approximate surface area is 105 Å². The number of likely N-dealkylation sites (tertiary alicyclic amines) is 1. The molecule has 7 heteroatoms. The normalized spacial score (nSPS) is 19.2. The lowest BCUT2D eigenvalue weighted by atomic mass is 10.1. The van der Waals surface area contributed by atoms with E-state index in [2.05, 4.69) is 5.10 Å². The molecule has 2 amide bonds. The highest BCUT2D eigenvalue weighted by Crippen LogP contribution is 2.22. The molecule has 0 radical (unpaired) electrons. The first kappa shape index (κ1) is 12.4. The summed E-state index contributed by atoms with van der Waals surface area (Å²) in [6.07, 6.45) is 0.609. The van der Waals surface area contributed by atoms with E-state index in [4.69, 9.17) is 11.5 Å². The lowest BCUT2D eigenvalue weighted by molar-refractivity contribution is -0.121. The van der Waals surface area contributed by atoms with E-state index in [0.717, 1.165) is 0 Å². The molecule has 1 fully saturated rings. The molecule has 0 spiro atoms. The van der Waals surface area contributed by atoms with Crippen molar-refractivity contribution in [3.8, 4) is 0 Å². The van der Waals surface area contributed by atoms with Gasteiger partial charge in [-0.3, -0.25) is 14.3 Å². The fraction of sp³-hybridized carbons (Fsp3) is 0.545. The molecule has 1 aliphatic rings. The standard InChI is InChI=1S/C11H17N5O2/c1-6-8(12)9(15(2)14-6)11(18)16-4-3-7(5-16)10(13)17/h7H,3-5,12H2,1-2H3,(H2,13,17). The van der Waals surface area contributed by atoms with Crippen molar-refractivity contribution < 1.29 is 9.59 Å². The van der Waals surface area contributed by atoms with Gasteiger partial charge in [-0.2, -0.15) is 5.10 Å². The van der Waals surface area contributed by atoms with Gasteiger partial charge < -0.3 is 16.4 Å². The van der Waals surface area contributed by atoms with Crippen molar-refractivity contribution in [2.45, 2.75) is 13.3 Å². The second-order valence-electron chi connectivity index (χ2n) is 4.61. The van der Waals surface area contributed by atoms with Crippen LogP contribution in [0.25, 0.3) is 0 Å². The maximum Gasteiger partial charge on any atom is 0.274 e. The topological polar surface area (TPSA) is 107 Å². The number of aryl methyl sites for hydroxylation is 2. The summed E-state index contributed by atoms with van der Waals surface area (Å²) in [4.78, 5) is 25.0. The molecule has 0 aliphatic carbocycles. The van der Waals surface area contributed by atoms with Crippen molar-refractivity contribution in [2.24, 2.45) is 18.7 Å². The van der Waals surface area contributed by atoms with Crippen LogP contribution in [0.1, 0.15) is 22.6 Å². The maximum absolute atomic E-state index is 12.3. The molecule has 4 N–H and O–H groups in total. The molecule has 1 saturated heterocycles. The Morgan fingerprint density at radius 1 is 1.44 bits per heavy atom. The summed E-state index contributed by atoms with van der Waals surface area (Å²) in [6.45, 7) is 2.64. The highest BCUT2D eigenvalue weighted by atomic mass is 16.2. The maximum atomic E-state index is 12.3. The molecule has 1 aromatic heterocycles. The monoisotopic (exact) mass is 251 g/mol. The number of carbonyl (C=O) groups is 2. The van der Waals surface area contributed by atoms with E-state index >= 15 is 0 Å². The lowest BCUT2D eigenvalue weighted by Gasteiger charge is -2.16. The van der Waals surface area contributed by atoms with Gasteiger partial charge in [-0.15, -0.1) is 0 Å². The average molecular weight is 251 g/mol. The first-order valence-corrected chi connectivity index (χ1v) is 5.79. The summed E-state index contributed by atoms with van der Waals surface area (Å²) in [5.41, 5.74) is 12.5. The van der Waals surface area contributed by atoms with Gasteiger partial charge in [0, 0.05) is 20.1 Å². The van der Waals surface area contributed by atoms with Crippen molar-refractivity contribution in [3.05, 3.63) is 11.4 Å². The number of nitrogens with zero attached hydrogens (tertiary/aromatic N) is 3. The Hall–Kier alpha value is -2.05. The van der Waals surface area contributed by atoms with E-state index in [1.807, 2.05) is 0 Å². The minimum absolute atomic E-state index is 0.195. The van der Waals surface area contributed by atoms with E-state index in [9.17, 15) is 9.59 Å². The number of hydrogen-bond acceptors (Lipinski definition) is 4. The molecule has 0 aromatic carbocycles. The lowest BCUT2D eigenvalue weighted by Crippen LogP contribution is -2.33. The number of carbonyl (C=O) groups excluding carboxylic acids is 2. The van der Waals surface area contributed by atoms with Gasteiger partial charge in [0.2, 0.25) is 5.91 Å². The molecule has 1 atom stereocenters. The zero-order valence-electron chi connectivity index (χ0n) is 10.5. The number of hydrogen-bond donors (Lipinski definition) is 2. The summed E-state index contributed by atoms with van der Waals surface area (Å²) in [5, 5.41) is 4.11. The van der Waals surface area contributed by atoms with Crippen LogP contribution in [0.5, 0.6) is 0 Å². The van der Waals surface area contributed by atoms with Crippen LogP contribution in [-0.4, -0.2) is 39.6 Å². The first-order chi connectivity index (χ1) is 8.41. The highest BCUT2D eigenvalue weighted by Gasteiger charge is 2.32. The zero-order valence-corrected chi connectivity index (χ0v) is 10.5. The van der Waals surface area contributed by atoms with Gasteiger partial charge in [0.05, 0.1) is 17.3 Å². The largest absolute Gasteiger partial charge is 0.395 e. The number of nitrogens with two attached hydrogens (primary N) is 2. The van der Waals surface area contributed by atoms with E-state index in [0.29, 0.717) is 36.6 Å². The number of nitrogen functional groups attached to an aromatic ring is 1. The fourth-order valence-corrected chi connectivity index (χ4v) is 2.25. The predicted molar refractivity (Wildman–Crippen MR) is 65.6 cm³/mol. The third kappa shape index (κ3) is 1.92. The van der Waals surface area contributed by atoms with Crippen LogP contribution in [-0.2, 0) is 11.8 Å². The van der Waals surface area contributed by atoms with Crippen molar-refractivity contribution in [2.75, 3.05) is 18.8 Å². The molecule has 1 aromatic rings. The second kappa shape index (κ2) is 4.32. The van der Waals surface area contributed by atoms with Gasteiger partial charge in [-0.05, 0) is 13.3 Å². The molecule has 98 valence electrons. The molecule has 1 unspecified atom stereocenters. The molecule has 2 rings (SSSR count). The minimum atomic E-state index is -0.362. The molecule has 7 nitrogen and oxygen atoms in total. The van der Waals surface area contributed by atoms with E-state index < -0.39 is 0 Å². The average Bonchev–Trinajstić information content (AvgIpc) is 2.85. The minimum Gasteiger partial charge on any atom is -0.395 e. The third-order valence-corrected chi connectivity index (χ3v) is 3.35. The van der Waals surface area contributed by atoms with Crippen LogP contribution < -0.4 is 11.5 Å². The summed E-state index contributed by atoms with van der Waals surface area (Å²) in [7, 11) is 1.68. The van der Waals surface area contributed by atoms with Gasteiger partial charge >= 0.3 is 0 Å². The smallest absolute Gasteiger partial charge is 0.274 e. The van der Waals surface area contributed by atoms with E-state index in [1.54, 1.807) is 18.9 Å². The Morgan fingerprint density at radius 2 is 2.11 bits per heavy atom. The van der Waals surface area contributed by atoms with Gasteiger partial charge in [-0.25, -0.2) is 0 Å². The van der Waals surface area contributed by atoms with Crippen LogP contribution >= 0.6 is 0 Å². The number of aromatic nitrogens is 2. The highest BCUT2D eigenvalue weighted by molar-refractivity contribution is 5.98. The fourth-order valence-electron chi connectivity index (χ4n) is 2.25. The predicted octanol–water partition coefficient (Wildman–Crippen LogP) is -0.742. The SMILES string of the molecule is Cc1nn(C)c(C(=O)N2CCC(C(N)=O)C2)c1N. The third-order valence-electron chi connectivity index (χ3n) is 3.35. The van der Waals surface area contributed by atoms with Gasteiger partial charge in [-0.1, -0.05) is 0 Å². The van der Waals surface area contributed by atoms with E-state index in [-0.39, 0.29) is 17.7 Å². The number of rotatable bonds is 2. The van der Waals surface area contributed by atoms with Crippen LogP contribution in [0.15, 0.2) is 0 Å². The van der Waals surface area contributed by atoms with Crippen molar-refractivity contribution in [3.63, 3.8) is 0 Å². The summed E-state index contributed by atoms with van der Waals surface area (Å²) in [5.74, 6) is -0.816. The van der Waals surface area contributed by atoms with Gasteiger partial charge in [0.25, 0.3) is 5.91 Å². The second-order valence-corrected chi connectivity index (χ2v) is 4.61. The Balaban J connectivity index is 2.20. The van der Waals surface area contributed by atoms with Crippen molar-refractivity contribution in [1.29, 1.82) is 0 Å².